The van der Waals surface area contributed by atoms with Crippen LogP contribution in [0.5, 0.6) is 5.75 Å². The van der Waals surface area contributed by atoms with Crippen LogP contribution in [-0.4, -0.2) is 13.2 Å². The normalized spacial score (nSPS) is 13.4. The third kappa shape index (κ3) is 4.62. The van der Waals surface area contributed by atoms with Crippen LogP contribution in [0.3, 0.4) is 0 Å². The smallest absolute Gasteiger partial charge is 0.119 e. The highest BCUT2D eigenvalue weighted by molar-refractivity contribution is 9.10. The maximum atomic E-state index is 6.17. The first-order chi connectivity index (χ1) is 8.34. The van der Waals surface area contributed by atoms with Crippen LogP contribution in [0.4, 0.5) is 0 Å². The topological polar surface area (TPSA) is 35.2 Å². The number of nitrogens with two attached hydrogens (primary N) is 1. The Morgan fingerprint density at radius 3 is 2.56 bits per heavy atom. The van der Waals surface area contributed by atoms with E-state index in [-0.39, 0.29) is 11.5 Å². The molecule has 102 valence electrons. The summed E-state index contributed by atoms with van der Waals surface area (Å²) in [5, 5.41) is 0. The zero-order valence-electron chi connectivity index (χ0n) is 11.8. The second kappa shape index (κ2) is 6.58. The Hall–Kier alpha value is -0.540. The Bertz CT molecular complexity index is 385. The molecule has 2 nitrogen and oxygen atoms in total. The second-order valence-corrected chi connectivity index (χ2v) is 6.68. The van der Waals surface area contributed by atoms with Crippen molar-refractivity contribution >= 4 is 15.9 Å². The monoisotopic (exact) mass is 313 g/mol. The van der Waals surface area contributed by atoms with Crippen molar-refractivity contribution in [2.45, 2.75) is 46.1 Å². The molecule has 1 aromatic rings. The number of hydrogen-bond donors (Lipinski definition) is 1. The molecule has 0 fully saturated rings. The average Bonchev–Trinajstić information content (AvgIpc) is 2.30. The van der Waals surface area contributed by atoms with Crippen LogP contribution < -0.4 is 10.5 Å². The first kappa shape index (κ1) is 15.5. The van der Waals surface area contributed by atoms with E-state index in [4.69, 9.17) is 10.5 Å². The van der Waals surface area contributed by atoms with Crippen LogP contribution in [0.25, 0.3) is 0 Å². The number of benzene rings is 1. The summed E-state index contributed by atoms with van der Waals surface area (Å²) < 4.78 is 6.39. The highest BCUT2D eigenvalue weighted by Gasteiger charge is 2.19. The minimum Gasteiger partial charge on any atom is -0.497 e. The number of ether oxygens (including phenoxy) is 1. The van der Waals surface area contributed by atoms with E-state index in [0.717, 1.165) is 29.5 Å². The van der Waals surface area contributed by atoms with E-state index in [1.165, 1.54) is 5.56 Å². The van der Waals surface area contributed by atoms with E-state index >= 15 is 0 Å². The lowest BCUT2D eigenvalue weighted by Crippen LogP contribution is -2.34. The van der Waals surface area contributed by atoms with Gasteiger partial charge in [0, 0.05) is 10.5 Å². The number of halogens is 1. The molecule has 3 heteroatoms. The first-order valence-corrected chi connectivity index (χ1v) is 7.22. The van der Waals surface area contributed by atoms with Crippen LogP contribution >= 0.6 is 15.9 Å². The van der Waals surface area contributed by atoms with Crippen molar-refractivity contribution < 1.29 is 4.74 Å². The first-order valence-electron chi connectivity index (χ1n) is 6.42. The molecular weight excluding hydrogens is 290 g/mol. The Morgan fingerprint density at radius 2 is 2.00 bits per heavy atom. The van der Waals surface area contributed by atoms with Gasteiger partial charge in [0.05, 0.1) is 7.11 Å². The van der Waals surface area contributed by atoms with Gasteiger partial charge < -0.3 is 10.5 Å². The molecule has 0 saturated carbocycles. The average molecular weight is 314 g/mol. The lowest BCUT2D eigenvalue weighted by molar-refractivity contribution is 0.301. The molecule has 0 aliphatic rings. The molecule has 1 aromatic carbocycles. The summed E-state index contributed by atoms with van der Waals surface area (Å²) in [6.07, 6.45) is 3.18. The number of aryl methyl sites for hydroxylation is 1. The molecule has 0 aliphatic heterocycles. The molecule has 0 aromatic heterocycles. The van der Waals surface area contributed by atoms with Crippen molar-refractivity contribution in [3.8, 4) is 5.75 Å². The fraction of sp³-hybridized carbons (Fsp3) is 0.600. The Kier molecular flexibility index (Phi) is 5.67. The van der Waals surface area contributed by atoms with Gasteiger partial charge >= 0.3 is 0 Å². The highest BCUT2D eigenvalue weighted by atomic mass is 79.9. The van der Waals surface area contributed by atoms with Gasteiger partial charge in [-0.15, -0.1) is 0 Å². The fourth-order valence-corrected chi connectivity index (χ4v) is 2.26. The van der Waals surface area contributed by atoms with Gasteiger partial charge in [-0.3, -0.25) is 0 Å². The number of rotatable bonds is 5. The molecule has 0 spiro atoms. The van der Waals surface area contributed by atoms with Gasteiger partial charge in [0.25, 0.3) is 0 Å². The van der Waals surface area contributed by atoms with Gasteiger partial charge in [-0.1, -0.05) is 36.7 Å². The quantitative estimate of drug-likeness (QED) is 0.886. The van der Waals surface area contributed by atoms with E-state index < -0.39 is 0 Å². The van der Waals surface area contributed by atoms with E-state index in [2.05, 4.69) is 42.8 Å². The van der Waals surface area contributed by atoms with Crippen molar-refractivity contribution in [2.24, 2.45) is 11.1 Å². The zero-order valence-corrected chi connectivity index (χ0v) is 13.4. The van der Waals surface area contributed by atoms with E-state index in [9.17, 15) is 0 Å². The van der Waals surface area contributed by atoms with Crippen molar-refractivity contribution in [1.29, 1.82) is 0 Å². The van der Waals surface area contributed by atoms with E-state index in [0.29, 0.717) is 0 Å². The van der Waals surface area contributed by atoms with Crippen molar-refractivity contribution in [2.75, 3.05) is 7.11 Å². The summed E-state index contributed by atoms with van der Waals surface area (Å²) in [4.78, 5) is 0. The molecule has 0 heterocycles. The molecule has 0 amide bonds. The Morgan fingerprint density at radius 1 is 1.33 bits per heavy atom. The Labute approximate surface area is 119 Å². The van der Waals surface area contributed by atoms with Crippen LogP contribution in [-0.2, 0) is 6.42 Å². The van der Waals surface area contributed by atoms with Gasteiger partial charge in [-0.2, -0.15) is 0 Å². The standard InChI is InChI=1S/C15H24BrNO/c1-15(2,3)14(17)7-5-6-11-10-12(18-4)8-9-13(11)16/h8-10,14H,5-7,17H2,1-4H3. The van der Waals surface area contributed by atoms with Gasteiger partial charge in [-0.25, -0.2) is 0 Å². The van der Waals surface area contributed by atoms with E-state index in [1.54, 1.807) is 7.11 Å². The molecular formula is C15H24BrNO. The minimum atomic E-state index is 0.186. The van der Waals surface area contributed by atoms with Gasteiger partial charge in [0.2, 0.25) is 0 Å². The second-order valence-electron chi connectivity index (χ2n) is 5.82. The van der Waals surface area contributed by atoms with Gasteiger partial charge in [-0.05, 0) is 48.4 Å². The molecule has 0 saturated heterocycles. The summed E-state index contributed by atoms with van der Waals surface area (Å²) in [5.41, 5.74) is 7.65. The van der Waals surface area contributed by atoms with Crippen LogP contribution in [0.1, 0.15) is 39.2 Å². The van der Waals surface area contributed by atoms with E-state index in [1.807, 2.05) is 12.1 Å². The summed E-state index contributed by atoms with van der Waals surface area (Å²) >= 11 is 3.58. The molecule has 2 N–H and O–H groups in total. The lowest BCUT2D eigenvalue weighted by Gasteiger charge is -2.27. The summed E-state index contributed by atoms with van der Waals surface area (Å²) in [6.45, 7) is 6.58. The SMILES string of the molecule is COc1ccc(Br)c(CCCC(N)C(C)(C)C)c1. The van der Waals surface area contributed by atoms with Crippen LogP contribution in [0, 0.1) is 5.41 Å². The molecule has 1 rings (SSSR count). The largest absolute Gasteiger partial charge is 0.497 e. The molecule has 1 unspecified atom stereocenters. The molecule has 0 radical (unpaired) electrons. The van der Waals surface area contributed by atoms with Crippen molar-refractivity contribution in [3.05, 3.63) is 28.2 Å². The zero-order chi connectivity index (χ0) is 13.8. The van der Waals surface area contributed by atoms with Crippen molar-refractivity contribution in [1.82, 2.24) is 0 Å². The maximum absolute atomic E-state index is 6.17. The molecule has 18 heavy (non-hydrogen) atoms. The van der Waals surface area contributed by atoms with Crippen LogP contribution in [0.2, 0.25) is 0 Å². The maximum Gasteiger partial charge on any atom is 0.119 e. The molecule has 1 atom stereocenters. The predicted octanol–water partition coefficient (Wildman–Crippen LogP) is 4.15. The molecule has 0 bridgehead atoms. The molecule has 0 aliphatic carbocycles. The Balaban J connectivity index is 2.53. The number of methoxy groups -OCH3 is 1. The van der Waals surface area contributed by atoms with Crippen LogP contribution in [0.15, 0.2) is 22.7 Å². The predicted molar refractivity (Wildman–Crippen MR) is 81.1 cm³/mol. The van der Waals surface area contributed by atoms with Crippen molar-refractivity contribution in [3.63, 3.8) is 0 Å². The summed E-state index contributed by atoms with van der Waals surface area (Å²) in [7, 11) is 1.70. The minimum absolute atomic E-state index is 0.186. The third-order valence-corrected chi connectivity index (χ3v) is 4.10. The van der Waals surface area contributed by atoms with Gasteiger partial charge in [0.15, 0.2) is 0 Å². The lowest BCUT2D eigenvalue weighted by atomic mass is 9.84. The summed E-state index contributed by atoms with van der Waals surface area (Å²) in [5.74, 6) is 0.910. The fourth-order valence-electron chi connectivity index (χ4n) is 1.82. The van der Waals surface area contributed by atoms with Gasteiger partial charge in [0.1, 0.15) is 5.75 Å². The number of hydrogen-bond acceptors (Lipinski definition) is 2. The summed E-state index contributed by atoms with van der Waals surface area (Å²) in [6, 6.07) is 6.35. The third-order valence-electron chi connectivity index (χ3n) is 3.33. The highest BCUT2D eigenvalue weighted by Crippen LogP contribution is 2.26.